The molecule has 6 rings (SSSR count). The number of pyridine rings is 1. The average molecular weight is 542 g/mol. The lowest BCUT2D eigenvalue weighted by molar-refractivity contribution is -0.119. The summed E-state index contributed by atoms with van der Waals surface area (Å²) in [5, 5.41) is 3.91. The number of likely N-dealkylation sites (N-methyl/N-ethyl adjacent to an activating group) is 1. The van der Waals surface area contributed by atoms with Crippen molar-refractivity contribution >= 4 is 45.1 Å². The van der Waals surface area contributed by atoms with Crippen LogP contribution in [0.1, 0.15) is 43.1 Å². The summed E-state index contributed by atoms with van der Waals surface area (Å²) < 4.78 is 10.6. The molecule has 0 unspecified atom stereocenters. The van der Waals surface area contributed by atoms with Gasteiger partial charge in [0.05, 0.1) is 23.8 Å². The summed E-state index contributed by atoms with van der Waals surface area (Å²) in [6, 6.07) is 15.5. The van der Waals surface area contributed by atoms with Gasteiger partial charge in [-0.15, -0.1) is 11.3 Å². The normalized spacial score (nSPS) is 14.2. The number of hydrogen-bond donors (Lipinski definition) is 1. The fourth-order valence-electron chi connectivity index (χ4n) is 5.47. The van der Waals surface area contributed by atoms with Crippen molar-refractivity contribution in [1.82, 2.24) is 9.88 Å². The number of methoxy groups -OCH3 is 1. The number of fused-ring (bicyclic) bond motifs is 5. The van der Waals surface area contributed by atoms with Crippen LogP contribution in [0, 0.1) is 0 Å². The number of ether oxygens (including phenoxy) is 2. The van der Waals surface area contributed by atoms with Crippen LogP contribution in [0.3, 0.4) is 0 Å². The number of aromatic nitrogens is 1. The molecule has 0 saturated carbocycles. The van der Waals surface area contributed by atoms with Gasteiger partial charge in [-0.2, -0.15) is 0 Å². The molecule has 1 amide bonds. The van der Waals surface area contributed by atoms with Crippen LogP contribution in [0.15, 0.2) is 48.5 Å². The van der Waals surface area contributed by atoms with Crippen LogP contribution >= 0.6 is 11.3 Å². The maximum absolute atomic E-state index is 13.4. The first-order valence-corrected chi connectivity index (χ1v) is 13.6. The van der Waals surface area contributed by atoms with Gasteiger partial charge < -0.3 is 19.7 Å². The number of benzene rings is 2. The maximum Gasteiger partial charge on any atom is 0.341 e. The fraction of sp³-hybridized carbons (Fsp3) is 0.267. The third kappa shape index (κ3) is 4.57. The Kier molecular flexibility index (Phi) is 6.62. The highest BCUT2D eigenvalue weighted by atomic mass is 32.1. The SMILES string of the molecule is COC(=O)c1c(NC(=O)COC(=O)c2c3c(nc4ccccc24)CCN(C)C3)sc2c1CCc1ccccc1-2. The largest absolute Gasteiger partial charge is 0.465 e. The minimum Gasteiger partial charge on any atom is -0.465 e. The third-order valence-electron chi connectivity index (χ3n) is 7.33. The van der Waals surface area contributed by atoms with Crippen molar-refractivity contribution < 1.29 is 23.9 Å². The Bertz CT molecular complexity index is 1640. The van der Waals surface area contributed by atoms with E-state index in [1.54, 1.807) is 0 Å². The van der Waals surface area contributed by atoms with E-state index in [4.69, 9.17) is 14.5 Å². The highest BCUT2D eigenvalue weighted by molar-refractivity contribution is 7.20. The second kappa shape index (κ2) is 10.2. The van der Waals surface area contributed by atoms with Gasteiger partial charge in [-0.3, -0.25) is 9.78 Å². The predicted molar refractivity (Wildman–Crippen MR) is 149 cm³/mol. The van der Waals surface area contributed by atoms with Gasteiger partial charge in [0.2, 0.25) is 0 Å². The van der Waals surface area contributed by atoms with E-state index in [0.717, 1.165) is 52.2 Å². The Morgan fingerprint density at radius 2 is 1.77 bits per heavy atom. The molecule has 39 heavy (non-hydrogen) atoms. The number of rotatable bonds is 5. The summed E-state index contributed by atoms with van der Waals surface area (Å²) in [4.78, 5) is 47.0. The smallest absolute Gasteiger partial charge is 0.341 e. The Hall–Kier alpha value is -4.08. The van der Waals surface area contributed by atoms with Crippen LogP contribution in [0.25, 0.3) is 21.3 Å². The van der Waals surface area contributed by atoms with Gasteiger partial charge in [-0.05, 0) is 42.6 Å². The van der Waals surface area contributed by atoms with Gasteiger partial charge in [0.25, 0.3) is 5.91 Å². The van der Waals surface area contributed by atoms with Crippen molar-refractivity contribution in [2.75, 3.05) is 32.6 Å². The highest BCUT2D eigenvalue weighted by Crippen LogP contribution is 2.45. The number of amides is 1. The molecule has 3 heterocycles. The summed E-state index contributed by atoms with van der Waals surface area (Å²) in [7, 11) is 3.33. The second-order valence-corrected chi connectivity index (χ2v) is 10.8. The maximum atomic E-state index is 13.4. The topological polar surface area (TPSA) is 97.8 Å². The Morgan fingerprint density at radius 1 is 0.974 bits per heavy atom. The minimum atomic E-state index is -0.567. The first-order valence-electron chi connectivity index (χ1n) is 12.8. The number of esters is 2. The molecule has 4 aromatic rings. The highest BCUT2D eigenvalue weighted by Gasteiger charge is 2.30. The summed E-state index contributed by atoms with van der Waals surface area (Å²) in [6.07, 6.45) is 2.21. The van der Waals surface area contributed by atoms with Crippen LogP contribution in [-0.4, -0.2) is 55.0 Å². The molecule has 0 saturated heterocycles. The van der Waals surface area contributed by atoms with E-state index >= 15 is 0 Å². The summed E-state index contributed by atoms with van der Waals surface area (Å²) >= 11 is 1.34. The molecule has 8 nitrogen and oxygen atoms in total. The number of anilines is 1. The van der Waals surface area contributed by atoms with Crippen molar-refractivity contribution in [3.63, 3.8) is 0 Å². The number of thiophene rings is 1. The quantitative estimate of drug-likeness (QED) is 0.368. The van der Waals surface area contributed by atoms with E-state index in [1.807, 2.05) is 49.5 Å². The van der Waals surface area contributed by atoms with Crippen LogP contribution < -0.4 is 5.32 Å². The number of para-hydroxylation sites is 1. The number of carbonyl (C=O) groups excluding carboxylic acids is 3. The number of nitrogens with zero attached hydrogens (tertiary/aromatic N) is 2. The van der Waals surface area contributed by atoms with Crippen molar-refractivity contribution in [2.45, 2.75) is 25.8 Å². The Labute approximate surface area is 229 Å². The van der Waals surface area contributed by atoms with Crippen molar-refractivity contribution in [3.8, 4) is 10.4 Å². The fourth-order valence-corrected chi connectivity index (χ4v) is 6.79. The van der Waals surface area contributed by atoms with E-state index in [0.29, 0.717) is 34.5 Å². The van der Waals surface area contributed by atoms with Crippen molar-refractivity contribution in [1.29, 1.82) is 0 Å². The standard InChI is InChI=1S/C30H27N3O5S/c1-33-14-13-23-21(15-33)25(19-9-5-6-10-22(19)31-23)30(36)38-16-24(34)32-28-26(29(35)37-2)20-12-11-17-7-3-4-8-18(17)27(20)39-28/h3-10H,11-16H2,1-2H3,(H,32,34). The molecule has 9 heteroatoms. The van der Waals surface area contributed by atoms with Crippen LogP contribution in [-0.2, 0) is 40.1 Å². The number of aryl methyl sites for hydroxylation is 1. The van der Waals surface area contributed by atoms with Crippen molar-refractivity contribution in [3.05, 3.63) is 82.0 Å². The average Bonchev–Trinajstić information content (AvgIpc) is 3.32. The molecular weight excluding hydrogens is 514 g/mol. The Morgan fingerprint density at radius 3 is 2.62 bits per heavy atom. The second-order valence-electron chi connectivity index (χ2n) is 9.80. The number of carbonyl (C=O) groups is 3. The van der Waals surface area contributed by atoms with Gasteiger partial charge in [0, 0.05) is 41.0 Å². The van der Waals surface area contributed by atoms with E-state index in [1.165, 1.54) is 24.0 Å². The van der Waals surface area contributed by atoms with Gasteiger partial charge in [0.15, 0.2) is 6.61 Å². The molecule has 2 aromatic carbocycles. The first kappa shape index (κ1) is 25.2. The molecule has 1 aliphatic heterocycles. The van der Waals surface area contributed by atoms with E-state index in [2.05, 4.69) is 16.3 Å². The van der Waals surface area contributed by atoms with Gasteiger partial charge in [0.1, 0.15) is 5.00 Å². The molecule has 2 aliphatic rings. The molecule has 0 bridgehead atoms. The molecule has 0 fully saturated rings. The number of nitrogens with one attached hydrogen (secondary N) is 1. The Balaban J connectivity index is 1.26. The summed E-state index contributed by atoms with van der Waals surface area (Å²) in [5.74, 6) is -1.59. The minimum absolute atomic E-state index is 0.365. The third-order valence-corrected chi connectivity index (χ3v) is 8.51. The molecule has 0 spiro atoms. The van der Waals surface area contributed by atoms with Crippen LogP contribution in [0.2, 0.25) is 0 Å². The predicted octanol–water partition coefficient (Wildman–Crippen LogP) is 4.63. The van der Waals surface area contributed by atoms with E-state index < -0.39 is 24.5 Å². The van der Waals surface area contributed by atoms with Crippen LogP contribution in [0.5, 0.6) is 0 Å². The van der Waals surface area contributed by atoms with Gasteiger partial charge in [-0.1, -0.05) is 42.5 Å². The monoisotopic (exact) mass is 541 g/mol. The number of hydrogen-bond acceptors (Lipinski definition) is 8. The summed E-state index contributed by atoms with van der Waals surface area (Å²) in [6.45, 7) is 0.946. The van der Waals surface area contributed by atoms with E-state index in [-0.39, 0.29) is 0 Å². The molecule has 0 radical (unpaired) electrons. The van der Waals surface area contributed by atoms with Gasteiger partial charge >= 0.3 is 11.9 Å². The molecule has 1 aliphatic carbocycles. The zero-order valence-corrected chi connectivity index (χ0v) is 22.5. The summed E-state index contributed by atoms with van der Waals surface area (Å²) in [5.41, 5.74) is 6.40. The molecule has 198 valence electrons. The lowest BCUT2D eigenvalue weighted by atomic mass is 9.89. The molecule has 2 aromatic heterocycles. The zero-order valence-electron chi connectivity index (χ0n) is 21.7. The molecule has 1 N–H and O–H groups in total. The lowest BCUT2D eigenvalue weighted by Crippen LogP contribution is -2.30. The van der Waals surface area contributed by atoms with E-state index in [9.17, 15) is 14.4 Å². The lowest BCUT2D eigenvalue weighted by Gasteiger charge is -2.26. The molecule has 0 atom stereocenters. The van der Waals surface area contributed by atoms with Gasteiger partial charge in [-0.25, -0.2) is 9.59 Å². The van der Waals surface area contributed by atoms with Crippen molar-refractivity contribution in [2.24, 2.45) is 0 Å². The zero-order chi connectivity index (χ0) is 27.1. The van der Waals surface area contributed by atoms with Crippen LogP contribution in [0.4, 0.5) is 5.00 Å². The first-order chi connectivity index (χ1) is 18.9. The molecular formula is C30H27N3O5S.